The second-order valence-corrected chi connectivity index (χ2v) is 6.32. The Kier molecular flexibility index (Phi) is 5.13. The number of carbonyl (C=O) groups is 2. The summed E-state index contributed by atoms with van der Waals surface area (Å²) in [6.45, 7) is 2.39. The van der Waals surface area contributed by atoms with Crippen molar-refractivity contribution in [1.29, 1.82) is 0 Å². The van der Waals surface area contributed by atoms with E-state index in [2.05, 4.69) is 10.3 Å². The smallest absolute Gasteiger partial charge is 0.309 e. The molecule has 3 rings (SSSR count). The van der Waals surface area contributed by atoms with Crippen molar-refractivity contribution in [3.63, 3.8) is 0 Å². The Morgan fingerprint density at radius 2 is 2.08 bits per heavy atom. The molecule has 1 amide bonds. The first-order valence-electron chi connectivity index (χ1n) is 8.21. The zero-order valence-electron chi connectivity index (χ0n) is 13.7. The van der Waals surface area contributed by atoms with Crippen molar-refractivity contribution in [3.05, 3.63) is 30.3 Å². The number of carboxylic acids is 1. The number of carboxylic acid groups (broad SMARTS) is 1. The lowest BCUT2D eigenvalue weighted by Gasteiger charge is -2.37. The molecule has 3 unspecified atom stereocenters. The zero-order chi connectivity index (χ0) is 17.1. The van der Waals surface area contributed by atoms with Crippen LogP contribution in [0.25, 0.3) is 0 Å². The summed E-state index contributed by atoms with van der Waals surface area (Å²) in [5.41, 5.74) is 3.87. The van der Waals surface area contributed by atoms with Gasteiger partial charge in [-0.1, -0.05) is 18.2 Å². The summed E-state index contributed by atoms with van der Waals surface area (Å²) in [5.74, 6) is -1.88. The molecule has 1 aromatic carbocycles. The SMILES string of the molecule is COCCCN1CC(C(=O)O)C2NN(c3ccccc3)C(=O)C2C1. The van der Waals surface area contributed by atoms with Crippen LogP contribution < -0.4 is 10.4 Å². The summed E-state index contributed by atoms with van der Waals surface area (Å²) in [6.07, 6.45) is 0.824. The van der Waals surface area contributed by atoms with Gasteiger partial charge in [0.1, 0.15) is 0 Å². The monoisotopic (exact) mass is 333 g/mol. The molecule has 7 nitrogen and oxygen atoms in total. The Morgan fingerprint density at radius 3 is 2.75 bits per heavy atom. The van der Waals surface area contributed by atoms with Crippen molar-refractivity contribution >= 4 is 17.6 Å². The molecule has 7 heteroatoms. The number of hydrogen-bond acceptors (Lipinski definition) is 5. The van der Waals surface area contributed by atoms with E-state index in [0.29, 0.717) is 19.7 Å². The Labute approximate surface area is 141 Å². The van der Waals surface area contributed by atoms with Gasteiger partial charge in [-0.05, 0) is 18.6 Å². The fourth-order valence-corrected chi connectivity index (χ4v) is 3.55. The van der Waals surface area contributed by atoms with Gasteiger partial charge in [0.25, 0.3) is 0 Å². The predicted octanol–water partition coefficient (Wildman–Crippen LogP) is 0.576. The number of aliphatic carboxylic acids is 1. The van der Waals surface area contributed by atoms with Crippen molar-refractivity contribution in [3.8, 4) is 0 Å². The maximum Gasteiger partial charge on any atom is 0.309 e. The molecule has 0 radical (unpaired) electrons. The van der Waals surface area contributed by atoms with Crippen LogP contribution >= 0.6 is 0 Å². The number of nitrogens with one attached hydrogen (secondary N) is 1. The number of hydrogen-bond donors (Lipinski definition) is 2. The number of likely N-dealkylation sites (tertiary alicyclic amines) is 1. The minimum Gasteiger partial charge on any atom is -0.481 e. The maximum absolute atomic E-state index is 12.8. The summed E-state index contributed by atoms with van der Waals surface area (Å²) in [5, 5.41) is 11.1. The zero-order valence-corrected chi connectivity index (χ0v) is 13.7. The second kappa shape index (κ2) is 7.29. The first-order valence-corrected chi connectivity index (χ1v) is 8.21. The molecule has 2 fully saturated rings. The topological polar surface area (TPSA) is 82.1 Å². The van der Waals surface area contributed by atoms with Crippen LogP contribution in [0.5, 0.6) is 0 Å². The number of amides is 1. The fraction of sp³-hybridized carbons (Fsp3) is 0.529. The summed E-state index contributed by atoms with van der Waals surface area (Å²) in [4.78, 5) is 26.6. The molecule has 2 heterocycles. The molecule has 2 saturated heterocycles. The van der Waals surface area contributed by atoms with E-state index in [4.69, 9.17) is 4.74 Å². The van der Waals surface area contributed by atoms with Crippen LogP contribution in [0.15, 0.2) is 30.3 Å². The van der Waals surface area contributed by atoms with Crippen LogP contribution in [0, 0.1) is 11.8 Å². The first kappa shape index (κ1) is 16.9. The maximum atomic E-state index is 12.8. The van der Waals surface area contributed by atoms with Crippen molar-refractivity contribution in [1.82, 2.24) is 10.3 Å². The fourth-order valence-electron chi connectivity index (χ4n) is 3.55. The molecule has 0 bridgehead atoms. The molecule has 2 N–H and O–H groups in total. The Hall–Kier alpha value is -1.96. The van der Waals surface area contributed by atoms with E-state index in [0.717, 1.165) is 18.7 Å². The van der Waals surface area contributed by atoms with Gasteiger partial charge in [0.05, 0.1) is 23.6 Å². The Morgan fingerprint density at radius 1 is 1.33 bits per heavy atom. The molecular weight excluding hydrogens is 310 g/mol. The van der Waals surface area contributed by atoms with Gasteiger partial charge in [0.2, 0.25) is 5.91 Å². The number of para-hydroxylation sites is 1. The van der Waals surface area contributed by atoms with E-state index in [1.165, 1.54) is 5.01 Å². The minimum absolute atomic E-state index is 0.0612. The van der Waals surface area contributed by atoms with Crippen LogP contribution in [0.4, 0.5) is 5.69 Å². The van der Waals surface area contributed by atoms with Gasteiger partial charge in [0.15, 0.2) is 0 Å². The highest BCUT2D eigenvalue weighted by molar-refractivity contribution is 5.97. The lowest BCUT2D eigenvalue weighted by Crippen LogP contribution is -2.55. The number of nitrogens with zero attached hydrogens (tertiary/aromatic N) is 2. The van der Waals surface area contributed by atoms with Gasteiger partial charge in [-0.25, -0.2) is 10.4 Å². The van der Waals surface area contributed by atoms with Crippen molar-refractivity contribution < 1.29 is 19.4 Å². The summed E-state index contributed by atoms with van der Waals surface area (Å²) >= 11 is 0. The summed E-state index contributed by atoms with van der Waals surface area (Å²) < 4.78 is 5.06. The third-order valence-electron chi connectivity index (χ3n) is 4.75. The number of ether oxygens (including phenoxy) is 1. The van der Waals surface area contributed by atoms with Crippen molar-refractivity contribution in [2.75, 3.05) is 38.4 Å². The van der Waals surface area contributed by atoms with Gasteiger partial charge >= 0.3 is 5.97 Å². The van der Waals surface area contributed by atoms with Gasteiger partial charge in [-0.15, -0.1) is 0 Å². The molecular formula is C17H23N3O4. The number of benzene rings is 1. The van der Waals surface area contributed by atoms with Gasteiger partial charge in [-0.2, -0.15) is 0 Å². The molecule has 24 heavy (non-hydrogen) atoms. The molecule has 1 aromatic rings. The Bertz CT molecular complexity index is 595. The number of rotatable bonds is 6. The summed E-state index contributed by atoms with van der Waals surface area (Å²) in [7, 11) is 1.65. The van der Waals surface area contributed by atoms with Crippen LogP contribution in [0.3, 0.4) is 0 Å². The second-order valence-electron chi connectivity index (χ2n) is 6.32. The van der Waals surface area contributed by atoms with E-state index in [1.807, 2.05) is 30.3 Å². The molecule has 0 spiro atoms. The lowest BCUT2D eigenvalue weighted by molar-refractivity contribution is -0.145. The molecule has 2 aliphatic heterocycles. The van der Waals surface area contributed by atoms with E-state index in [1.54, 1.807) is 7.11 Å². The average molecular weight is 333 g/mol. The first-order chi connectivity index (χ1) is 11.6. The normalized spacial score (nSPS) is 27.3. The predicted molar refractivity (Wildman–Crippen MR) is 88.4 cm³/mol. The minimum atomic E-state index is -0.864. The highest BCUT2D eigenvalue weighted by atomic mass is 16.5. The van der Waals surface area contributed by atoms with Crippen LogP contribution in [0.1, 0.15) is 6.42 Å². The van der Waals surface area contributed by atoms with E-state index in [-0.39, 0.29) is 17.9 Å². The van der Waals surface area contributed by atoms with Gasteiger partial charge in [0, 0.05) is 33.4 Å². The van der Waals surface area contributed by atoms with Crippen molar-refractivity contribution in [2.24, 2.45) is 11.8 Å². The third kappa shape index (κ3) is 3.28. The molecule has 0 aliphatic carbocycles. The van der Waals surface area contributed by atoms with Crippen LogP contribution in [-0.4, -0.2) is 61.3 Å². The molecule has 0 aromatic heterocycles. The lowest BCUT2D eigenvalue weighted by atomic mass is 9.84. The largest absolute Gasteiger partial charge is 0.481 e. The molecule has 130 valence electrons. The summed E-state index contributed by atoms with van der Waals surface area (Å²) in [6, 6.07) is 8.92. The molecule has 3 atom stereocenters. The Balaban J connectivity index is 1.77. The number of fused-ring (bicyclic) bond motifs is 1. The van der Waals surface area contributed by atoms with E-state index < -0.39 is 11.9 Å². The highest BCUT2D eigenvalue weighted by Crippen LogP contribution is 2.31. The number of methoxy groups -OCH3 is 1. The number of anilines is 1. The van der Waals surface area contributed by atoms with E-state index >= 15 is 0 Å². The van der Waals surface area contributed by atoms with E-state index in [9.17, 15) is 14.7 Å². The van der Waals surface area contributed by atoms with Gasteiger partial charge < -0.3 is 14.7 Å². The molecule has 0 saturated carbocycles. The third-order valence-corrected chi connectivity index (χ3v) is 4.75. The van der Waals surface area contributed by atoms with Gasteiger partial charge in [-0.3, -0.25) is 9.59 Å². The quantitative estimate of drug-likeness (QED) is 0.741. The van der Waals surface area contributed by atoms with Crippen LogP contribution in [-0.2, 0) is 14.3 Å². The number of piperidine rings is 1. The standard InChI is InChI=1S/C17H23N3O4/c1-24-9-5-8-19-10-13-15(14(11-19)17(22)23)18-20(16(13)21)12-6-3-2-4-7-12/h2-4,6-7,13-15,18H,5,8-11H2,1H3,(H,22,23). The van der Waals surface area contributed by atoms with Crippen molar-refractivity contribution in [2.45, 2.75) is 12.5 Å². The number of hydrazine groups is 1. The highest BCUT2D eigenvalue weighted by Gasteiger charge is 2.50. The van der Waals surface area contributed by atoms with Crippen LogP contribution in [0.2, 0.25) is 0 Å². The number of carbonyl (C=O) groups excluding carboxylic acids is 1. The average Bonchev–Trinajstić information content (AvgIpc) is 2.92. The molecule has 2 aliphatic rings.